The van der Waals surface area contributed by atoms with Crippen molar-refractivity contribution >= 4 is 42.3 Å². The Morgan fingerprint density at radius 2 is 2.07 bits per heavy atom. The maximum atomic E-state index is 13.6. The van der Waals surface area contributed by atoms with Crippen LogP contribution in [0.25, 0.3) is 0 Å². The monoisotopic (exact) mass is 440 g/mol. The van der Waals surface area contributed by atoms with Gasteiger partial charge in [0.2, 0.25) is 5.95 Å². The molecule has 1 saturated heterocycles. The van der Waals surface area contributed by atoms with E-state index < -0.39 is 5.82 Å². The van der Waals surface area contributed by atoms with E-state index in [1.54, 1.807) is 6.07 Å². The molecule has 0 unspecified atom stereocenters. The number of nitrogens with zero attached hydrogens (tertiary/aromatic N) is 4. The minimum Gasteiger partial charge on any atom is -0.355 e. The molecule has 9 heteroatoms. The Hall–Kier alpha value is -2.14. The highest BCUT2D eigenvalue weighted by atomic mass is 35.5. The van der Waals surface area contributed by atoms with Crippen molar-refractivity contribution in [3.63, 3.8) is 0 Å². The van der Waals surface area contributed by atoms with Crippen LogP contribution in [0.3, 0.4) is 0 Å². The van der Waals surface area contributed by atoms with Gasteiger partial charge in [0.1, 0.15) is 17.7 Å². The third-order valence-electron chi connectivity index (χ3n) is 4.82. The number of halogens is 3. The fourth-order valence-corrected chi connectivity index (χ4v) is 3.21. The molecule has 2 N–H and O–H groups in total. The second kappa shape index (κ2) is 11.8. The molecule has 1 aliphatic rings. The molecular formula is C20H27Cl2FN6. The lowest BCUT2D eigenvalue weighted by atomic mass is 10.2. The Kier molecular flexibility index (Phi) is 10.1. The lowest BCUT2D eigenvalue weighted by Gasteiger charge is -2.19. The number of anilines is 3. The standard InChI is InChI=1S/C20H25FN6.2ClH/c1-3-4-5-15-11-19(27-9-8-17(13-27)23-2)26-20(24-15)25-16-6-7-18(21)14(10-16)12-22;;/h6-7,10-11,17,23H,3-5,8-9,13H2,1-2H3,(H,24,25,26);2*1H/t17-;;/m0../s1. The minimum atomic E-state index is -0.531. The van der Waals surface area contributed by atoms with Gasteiger partial charge in [-0.05, 0) is 44.5 Å². The average Bonchev–Trinajstić information content (AvgIpc) is 3.17. The maximum Gasteiger partial charge on any atom is 0.229 e. The highest BCUT2D eigenvalue weighted by Crippen LogP contribution is 2.23. The summed E-state index contributed by atoms with van der Waals surface area (Å²) in [5.74, 6) is 0.845. The summed E-state index contributed by atoms with van der Waals surface area (Å²) in [5, 5.41) is 15.5. The molecule has 1 aromatic heterocycles. The van der Waals surface area contributed by atoms with Crippen molar-refractivity contribution in [2.24, 2.45) is 0 Å². The second-order valence-corrected chi connectivity index (χ2v) is 6.80. The van der Waals surface area contributed by atoms with E-state index in [9.17, 15) is 4.39 Å². The van der Waals surface area contributed by atoms with E-state index >= 15 is 0 Å². The van der Waals surface area contributed by atoms with Gasteiger partial charge in [-0.25, -0.2) is 9.37 Å². The van der Waals surface area contributed by atoms with Gasteiger partial charge in [-0.1, -0.05) is 13.3 Å². The molecule has 6 nitrogen and oxygen atoms in total. The van der Waals surface area contributed by atoms with E-state index in [0.29, 0.717) is 17.7 Å². The van der Waals surface area contributed by atoms with Crippen LogP contribution in [0.4, 0.5) is 21.8 Å². The fraction of sp³-hybridized carbons (Fsp3) is 0.450. The average molecular weight is 441 g/mol. The molecule has 1 atom stereocenters. The summed E-state index contributed by atoms with van der Waals surface area (Å²) in [5.41, 5.74) is 1.58. The van der Waals surface area contributed by atoms with Gasteiger partial charge < -0.3 is 15.5 Å². The zero-order valence-corrected chi connectivity index (χ0v) is 18.2. The van der Waals surface area contributed by atoms with Gasteiger partial charge in [0.15, 0.2) is 0 Å². The predicted molar refractivity (Wildman–Crippen MR) is 119 cm³/mol. The van der Waals surface area contributed by atoms with Crippen molar-refractivity contribution in [1.29, 1.82) is 5.26 Å². The quantitative estimate of drug-likeness (QED) is 0.670. The molecule has 3 rings (SSSR count). The highest BCUT2D eigenvalue weighted by molar-refractivity contribution is 5.85. The number of hydrogen-bond donors (Lipinski definition) is 2. The van der Waals surface area contributed by atoms with Gasteiger partial charge in [-0.2, -0.15) is 10.2 Å². The largest absolute Gasteiger partial charge is 0.355 e. The smallest absolute Gasteiger partial charge is 0.229 e. The first kappa shape index (κ1) is 24.9. The number of nitriles is 1. The molecule has 0 saturated carbocycles. The van der Waals surface area contributed by atoms with Crippen LogP contribution in [0.1, 0.15) is 37.4 Å². The van der Waals surface area contributed by atoms with Crippen molar-refractivity contribution in [3.8, 4) is 6.07 Å². The lowest BCUT2D eigenvalue weighted by molar-refractivity contribution is 0.616. The van der Waals surface area contributed by atoms with Gasteiger partial charge in [0, 0.05) is 36.6 Å². The van der Waals surface area contributed by atoms with Gasteiger partial charge in [0.05, 0.1) is 5.56 Å². The van der Waals surface area contributed by atoms with E-state index in [2.05, 4.69) is 38.5 Å². The van der Waals surface area contributed by atoms with Crippen molar-refractivity contribution in [3.05, 3.63) is 41.3 Å². The van der Waals surface area contributed by atoms with Gasteiger partial charge in [-0.15, -0.1) is 24.8 Å². The maximum absolute atomic E-state index is 13.6. The molecule has 2 aromatic rings. The number of unbranched alkanes of at least 4 members (excludes halogenated alkanes) is 1. The number of aryl methyl sites for hydroxylation is 1. The SMILES string of the molecule is CCCCc1cc(N2CC[C@H](NC)C2)nc(Nc2ccc(F)c(C#N)c2)n1.Cl.Cl. The number of rotatable bonds is 7. The molecule has 1 aliphatic heterocycles. The fourth-order valence-electron chi connectivity index (χ4n) is 3.21. The first-order valence-electron chi connectivity index (χ1n) is 9.39. The zero-order chi connectivity index (χ0) is 19.2. The van der Waals surface area contributed by atoms with Crippen molar-refractivity contribution in [2.75, 3.05) is 30.4 Å². The molecule has 1 fully saturated rings. The molecule has 0 radical (unpaired) electrons. The minimum absolute atomic E-state index is 0. The van der Waals surface area contributed by atoms with Crippen LogP contribution >= 0.6 is 24.8 Å². The predicted octanol–water partition coefficient (Wildman–Crippen LogP) is 4.22. The van der Waals surface area contributed by atoms with Crippen LogP contribution in [-0.2, 0) is 6.42 Å². The molecule has 0 amide bonds. The molecule has 0 spiro atoms. The first-order valence-corrected chi connectivity index (χ1v) is 9.39. The summed E-state index contributed by atoms with van der Waals surface area (Å²) < 4.78 is 13.6. The third-order valence-corrected chi connectivity index (χ3v) is 4.82. The van der Waals surface area contributed by atoms with E-state index in [0.717, 1.165) is 50.3 Å². The summed E-state index contributed by atoms with van der Waals surface area (Å²) >= 11 is 0. The van der Waals surface area contributed by atoms with Crippen molar-refractivity contribution in [2.45, 2.75) is 38.6 Å². The number of likely N-dealkylation sites (N-methyl/N-ethyl adjacent to an activating group) is 1. The number of benzene rings is 1. The molecule has 0 bridgehead atoms. The second-order valence-electron chi connectivity index (χ2n) is 6.80. The van der Waals surface area contributed by atoms with Gasteiger partial charge in [0.25, 0.3) is 0 Å². The van der Waals surface area contributed by atoms with E-state index in [-0.39, 0.29) is 30.4 Å². The molecule has 2 heterocycles. The topological polar surface area (TPSA) is 76.9 Å². The Labute approximate surface area is 183 Å². The Bertz CT molecular complexity index is 842. The summed E-state index contributed by atoms with van der Waals surface area (Å²) in [6, 6.07) is 8.72. The highest BCUT2D eigenvalue weighted by Gasteiger charge is 2.23. The summed E-state index contributed by atoms with van der Waals surface area (Å²) in [6.45, 7) is 4.01. The number of hydrogen-bond acceptors (Lipinski definition) is 6. The molecule has 158 valence electrons. The van der Waals surface area contributed by atoms with Gasteiger partial charge in [-0.3, -0.25) is 0 Å². The summed E-state index contributed by atoms with van der Waals surface area (Å²) in [6.07, 6.45) is 4.12. The van der Waals surface area contributed by atoms with Crippen LogP contribution < -0.4 is 15.5 Å². The molecular weight excluding hydrogens is 414 g/mol. The van der Waals surface area contributed by atoms with Crippen LogP contribution in [0.5, 0.6) is 0 Å². The Morgan fingerprint density at radius 1 is 1.28 bits per heavy atom. The molecule has 1 aromatic carbocycles. The van der Waals surface area contributed by atoms with Gasteiger partial charge >= 0.3 is 0 Å². The van der Waals surface area contributed by atoms with Crippen LogP contribution in [0.2, 0.25) is 0 Å². The third kappa shape index (κ3) is 6.43. The summed E-state index contributed by atoms with van der Waals surface area (Å²) in [4.78, 5) is 11.5. The van der Waals surface area contributed by atoms with E-state index in [1.165, 1.54) is 12.1 Å². The normalized spacial score (nSPS) is 15.2. The number of aromatic nitrogens is 2. The molecule has 0 aliphatic carbocycles. The van der Waals surface area contributed by atoms with E-state index in [4.69, 9.17) is 5.26 Å². The summed E-state index contributed by atoms with van der Waals surface area (Å²) in [7, 11) is 1.98. The Balaban J connectivity index is 0.00000210. The first-order chi connectivity index (χ1) is 13.1. The zero-order valence-electron chi connectivity index (χ0n) is 16.6. The van der Waals surface area contributed by atoms with Crippen LogP contribution in [-0.4, -0.2) is 36.1 Å². The van der Waals surface area contributed by atoms with Crippen molar-refractivity contribution < 1.29 is 4.39 Å². The lowest BCUT2D eigenvalue weighted by Crippen LogP contribution is -2.30. The molecule has 29 heavy (non-hydrogen) atoms. The Morgan fingerprint density at radius 3 is 2.72 bits per heavy atom. The van der Waals surface area contributed by atoms with Crippen LogP contribution in [0, 0.1) is 17.1 Å². The van der Waals surface area contributed by atoms with E-state index in [1.807, 2.05) is 13.1 Å². The van der Waals surface area contributed by atoms with Crippen LogP contribution in [0.15, 0.2) is 24.3 Å². The van der Waals surface area contributed by atoms with Crippen molar-refractivity contribution in [1.82, 2.24) is 15.3 Å². The number of nitrogens with one attached hydrogen (secondary N) is 2.